The van der Waals surface area contributed by atoms with Gasteiger partial charge in [0.15, 0.2) is 11.0 Å². The number of aryl methyl sites for hydroxylation is 1. The van der Waals surface area contributed by atoms with E-state index in [0.717, 1.165) is 35.6 Å². The number of H-pyrrole nitrogens is 1. The average molecular weight is 361 g/mol. The van der Waals surface area contributed by atoms with E-state index in [-0.39, 0.29) is 5.56 Å². The van der Waals surface area contributed by atoms with Crippen LogP contribution in [0.5, 0.6) is 0 Å². The van der Waals surface area contributed by atoms with Crippen LogP contribution in [0.25, 0.3) is 11.3 Å². The van der Waals surface area contributed by atoms with E-state index in [0.29, 0.717) is 17.4 Å². The first-order valence-corrected chi connectivity index (χ1v) is 8.30. The summed E-state index contributed by atoms with van der Waals surface area (Å²) in [6.45, 7) is 3.21. The minimum absolute atomic E-state index is 0.0226. The van der Waals surface area contributed by atoms with Crippen LogP contribution in [0.1, 0.15) is 16.8 Å². The van der Waals surface area contributed by atoms with E-state index in [1.807, 2.05) is 13.0 Å². The van der Waals surface area contributed by atoms with Gasteiger partial charge in [-0.3, -0.25) is 0 Å². The standard InChI is InChI=1S/C18H15ClF2N4/c1-10-7-16(23-24-18(10)19)25-6-5-14-11(9-25)8-15(22-14)17-12(20)3-2-4-13(17)21/h2-4,7-8,22H,5-6,9H2,1H3. The molecule has 4 nitrogen and oxygen atoms in total. The number of anilines is 1. The Kier molecular flexibility index (Phi) is 3.92. The lowest BCUT2D eigenvalue weighted by atomic mass is 10.1. The number of hydrogen-bond acceptors (Lipinski definition) is 3. The molecule has 3 heterocycles. The number of hydrogen-bond donors (Lipinski definition) is 1. The van der Waals surface area contributed by atoms with E-state index in [9.17, 15) is 8.78 Å². The molecule has 4 rings (SSSR count). The molecule has 0 saturated heterocycles. The molecule has 0 fully saturated rings. The number of aromatic nitrogens is 3. The molecule has 7 heteroatoms. The maximum absolute atomic E-state index is 14.0. The van der Waals surface area contributed by atoms with Gasteiger partial charge >= 0.3 is 0 Å². The third kappa shape index (κ3) is 2.87. The predicted molar refractivity (Wildman–Crippen MR) is 92.7 cm³/mol. The van der Waals surface area contributed by atoms with E-state index in [4.69, 9.17) is 11.6 Å². The van der Waals surface area contributed by atoms with Gasteiger partial charge < -0.3 is 9.88 Å². The second-order valence-corrected chi connectivity index (χ2v) is 6.49. The van der Waals surface area contributed by atoms with Gasteiger partial charge in [-0.25, -0.2) is 8.78 Å². The molecule has 0 bridgehead atoms. The first-order valence-electron chi connectivity index (χ1n) is 7.93. The van der Waals surface area contributed by atoms with Gasteiger partial charge in [-0.05, 0) is 42.3 Å². The molecular formula is C18H15ClF2N4. The van der Waals surface area contributed by atoms with Crippen LogP contribution in [0.4, 0.5) is 14.6 Å². The molecule has 1 aromatic carbocycles. The Balaban J connectivity index is 1.66. The van der Waals surface area contributed by atoms with E-state index in [2.05, 4.69) is 20.1 Å². The monoisotopic (exact) mass is 360 g/mol. The topological polar surface area (TPSA) is 44.8 Å². The highest BCUT2D eigenvalue weighted by atomic mass is 35.5. The number of rotatable bonds is 2. The summed E-state index contributed by atoms with van der Waals surface area (Å²) in [5.41, 5.74) is 3.29. The van der Waals surface area contributed by atoms with Gasteiger partial charge in [-0.1, -0.05) is 17.7 Å². The van der Waals surface area contributed by atoms with Crippen LogP contribution in [0.2, 0.25) is 5.15 Å². The van der Waals surface area contributed by atoms with Crippen molar-refractivity contribution in [3.05, 3.63) is 63.9 Å². The summed E-state index contributed by atoms with van der Waals surface area (Å²) in [5, 5.41) is 8.48. The van der Waals surface area contributed by atoms with Gasteiger partial charge in [0.25, 0.3) is 0 Å². The van der Waals surface area contributed by atoms with Crippen LogP contribution in [0.15, 0.2) is 30.3 Å². The summed E-state index contributed by atoms with van der Waals surface area (Å²) in [4.78, 5) is 5.24. The smallest absolute Gasteiger partial charge is 0.154 e. The highest BCUT2D eigenvalue weighted by Gasteiger charge is 2.22. The number of nitrogens with zero attached hydrogens (tertiary/aromatic N) is 3. The van der Waals surface area contributed by atoms with Crippen molar-refractivity contribution in [3.63, 3.8) is 0 Å². The Labute approximate surface area is 148 Å². The second kappa shape index (κ2) is 6.11. The predicted octanol–water partition coefficient (Wildman–Crippen LogP) is 4.27. The molecule has 1 aliphatic rings. The Morgan fingerprint density at radius 3 is 2.64 bits per heavy atom. The van der Waals surface area contributed by atoms with Crippen molar-refractivity contribution < 1.29 is 8.78 Å². The van der Waals surface area contributed by atoms with E-state index in [1.54, 1.807) is 6.07 Å². The lowest BCUT2D eigenvalue weighted by Crippen LogP contribution is -2.30. The lowest BCUT2D eigenvalue weighted by Gasteiger charge is -2.27. The van der Waals surface area contributed by atoms with Crippen LogP contribution in [0, 0.1) is 18.6 Å². The van der Waals surface area contributed by atoms with Crippen LogP contribution in [0.3, 0.4) is 0 Å². The molecule has 128 valence electrons. The number of halogens is 3. The normalized spacial score (nSPS) is 13.8. The van der Waals surface area contributed by atoms with Gasteiger partial charge in [0.05, 0.1) is 11.3 Å². The summed E-state index contributed by atoms with van der Waals surface area (Å²) in [6.07, 6.45) is 0.731. The Bertz CT molecular complexity index is 934. The van der Waals surface area contributed by atoms with Gasteiger partial charge in [0, 0.05) is 25.2 Å². The zero-order valence-electron chi connectivity index (χ0n) is 13.5. The quantitative estimate of drug-likeness (QED) is 0.742. The maximum atomic E-state index is 14.0. The highest BCUT2D eigenvalue weighted by molar-refractivity contribution is 6.30. The molecule has 1 aliphatic heterocycles. The first kappa shape index (κ1) is 16.0. The number of aromatic amines is 1. The molecular weight excluding hydrogens is 346 g/mol. The van der Waals surface area contributed by atoms with Crippen LogP contribution in [-0.4, -0.2) is 21.7 Å². The molecule has 0 saturated carbocycles. The third-order valence-electron chi connectivity index (χ3n) is 4.45. The van der Waals surface area contributed by atoms with Crippen molar-refractivity contribution in [2.45, 2.75) is 19.9 Å². The molecule has 0 unspecified atom stereocenters. The fraction of sp³-hybridized carbons (Fsp3) is 0.222. The Morgan fingerprint density at radius 2 is 1.92 bits per heavy atom. The van der Waals surface area contributed by atoms with Crippen molar-refractivity contribution in [1.29, 1.82) is 0 Å². The van der Waals surface area contributed by atoms with E-state index >= 15 is 0 Å². The fourth-order valence-corrected chi connectivity index (χ4v) is 3.22. The molecule has 0 aliphatic carbocycles. The van der Waals surface area contributed by atoms with Crippen molar-refractivity contribution >= 4 is 17.4 Å². The zero-order valence-corrected chi connectivity index (χ0v) is 14.2. The SMILES string of the molecule is Cc1cc(N2CCc3[nH]c(-c4c(F)cccc4F)cc3C2)nnc1Cl. The van der Waals surface area contributed by atoms with Gasteiger partial charge in [0.2, 0.25) is 0 Å². The molecule has 3 aromatic rings. The van der Waals surface area contributed by atoms with Gasteiger partial charge in [-0.2, -0.15) is 0 Å². The van der Waals surface area contributed by atoms with Crippen molar-refractivity contribution in [2.24, 2.45) is 0 Å². The fourth-order valence-electron chi connectivity index (χ4n) is 3.13. The minimum Gasteiger partial charge on any atom is -0.358 e. The second-order valence-electron chi connectivity index (χ2n) is 6.13. The van der Waals surface area contributed by atoms with E-state index < -0.39 is 11.6 Å². The number of nitrogens with one attached hydrogen (secondary N) is 1. The minimum atomic E-state index is -0.574. The lowest BCUT2D eigenvalue weighted by molar-refractivity contribution is 0.589. The summed E-state index contributed by atoms with van der Waals surface area (Å²) < 4.78 is 28.0. The molecule has 1 N–H and O–H groups in total. The highest BCUT2D eigenvalue weighted by Crippen LogP contribution is 2.31. The van der Waals surface area contributed by atoms with Crippen molar-refractivity contribution in [1.82, 2.24) is 15.2 Å². The van der Waals surface area contributed by atoms with Crippen LogP contribution in [-0.2, 0) is 13.0 Å². The zero-order chi connectivity index (χ0) is 17.6. The third-order valence-corrected chi connectivity index (χ3v) is 4.83. The number of benzene rings is 1. The van der Waals surface area contributed by atoms with E-state index in [1.165, 1.54) is 18.2 Å². The molecule has 0 spiro atoms. The summed E-state index contributed by atoms with van der Waals surface area (Å²) in [5.74, 6) is -0.406. The van der Waals surface area contributed by atoms with Gasteiger partial charge in [-0.15, -0.1) is 10.2 Å². The summed E-state index contributed by atoms with van der Waals surface area (Å²) in [7, 11) is 0. The molecule has 2 aromatic heterocycles. The van der Waals surface area contributed by atoms with Crippen molar-refractivity contribution in [2.75, 3.05) is 11.4 Å². The van der Waals surface area contributed by atoms with Crippen LogP contribution < -0.4 is 4.90 Å². The Hall–Kier alpha value is -2.47. The number of fused-ring (bicyclic) bond motifs is 1. The molecule has 0 atom stereocenters. The average Bonchev–Trinajstić information content (AvgIpc) is 2.99. The first-order chi connectivity index (χ1) is 12.0. The maximum Gasteiger partial charge on any atom is 0.154 e. The molecule has 0 amide bonds. The molecule has 0 radical (unpaired) electrons. The largest absolute Gasteiger partial charge is 0.358 e. The van der Waals surface area contributed by atoms with Crippen molar-refractivity contribution in [3.8, 4) is 11.3 Å². The van der Waals surface area contributed by atoms with Gasteiger partial charge in [0.1, 0.15) is 11.6 Å². The van der Waals surface area contributed by atoms with Crippen LogP contribution >= 0.6 is 11.6 Å². The Morgan fingerprint density at radius 1 is 1.16 bits per heavy atom. The molecule has 25 heavy (non-hydrogen) atoms. The summed E-state index contributed by atoms with van der Waals surface area (Å²) >= 11 is 5.93. The summed E-state index contributed by atoms with van der Waals surface area (Å²) in [6, 6.07) is 7.58.